The number of para-hydroxylation sites is 1. The lowest BCUT2D eigenvalue weighted by Gasteiger charge is -2.23. The van der Waals surface area contributed by atoms with E-state index in [4.69, 9.17) is 11.6 Å². The van der Waals surface area contributed by atoms with Crippen LogP contribution in [0.15, 0.2) is 34.7 Å². The third-order valence-corrected chi connectivity index (χ3v) is 5.64. The van der Waals surface area contributed by atoms with Crippen molar-refractivity contribution < 1.29 is 8.42 Å². The van der Waals surface area contributed by atoms with E-state index >= 15 is 0 Å². The average Bonchev–Trinajstić information content (AvgIpc) is 2.75. The fraction of sp³-hybridized carbons (Fsp3) is 0.308. The minimum Gasteiger partial charge on any atom is -0.279 e. The van der Waals surface area contributed by atoms with Crippen LogP contribution in [0.25, 0.3) is 0 Å². The Hall–Kier alpha value is -1.11. The molecule has 0 unspecified atom stereocenters. The fourth-order valence-electron chi connectivity index (χ4n) is 1.78. The molecule has 20 heavy (non-hydrogen) atoms. The maximum Gasteiger partial charge on any atom is 0.273 e. The van der Waals surface area contributed by atoms with Gasteiger partial charge in [0.05, 0.1) is 11.9 Å². The predicted octanol–water partition coefficient (Wildman–Crippen LogP) is 3.89. The molecule has 0 saturated carbocycles. The van der Waals surface area contributed by atoms with E-state index in [0.717, 1.165) is 16.9 Å². The quantitative estimate of drug-likeness (QED) is 0.928. The highest BCUT2D eigenvalue weighted by molar-refractivity contribution is 7.94. The molecule has 0 radical (unpaired) electrons. The lowest BCUT2D eigenvalue weighted by molar-refractivity contribution is 0.590. The van der Waals surface area contributed by atoms with E-state index in [-0.39, 0.29) is 14.1 Å². The van der Waals surface area contributed by atoms with Gasteiger partial charge in [0.25, 0.3) is 10.0 Å². The Morgan fingerprint density at radius 1 is 1.25 bits per heavy atom. The van der Waals surface area contributed by atoms with Crippen molar-refractivity contribution in [1.29, 1.82) is 0 Å². The molecule has 108 valence electrons. The zero-order valence-electron chi connectivity index (χ0n) is 11.3. The van der Waals surface area contributed by atoms with Gasteiger partial charge in [-0.05, 0) is 17.0 Å². The number of anilines is 1. The second-order valence-corrected chi connectivity index (χ2v) is 8.86. The fourth-order valence-corrected chi connectivity index (χ4v) is 4.16. The van der Waals surface area contributed by atoms with Crippen LogP contribution in [-0.2, 0) is 15.4 Å². The summed E-state index contributed by atoms with van der Waals surface area (Å²) in [5, 5.41) is 0. The minimum absolute atomic E-state index is 0.103. The van der Waals surface area contributed by atoms with Crippen LogP contribution in [0.1, 0.15) is 26.3 Å². The van der Waals surface area contributed by atoms with Crippen LogP contribution in [0.4, 0.5) is 5.69 Å². The second kappa shape index (κ2) is 5.35. The van der Waals surface area contributed by atoms with Gasteiger partial charge in [0.1, 0.15) is 0 Å². The normalized spacial score (nSPS) is 12.4. The van der Waals surface area contributed by atoms with E-state index < -0.39 is 10.0 Å². The Bertz CT molecular complexity index is 718. The molecule has 0 saturated heterocycles. The maximum absolute atomic E-state index is 12.3. The summed E-state index contributed by atoms with van der Waals surface area (Å²) >= 11 is 6.62. The number of nitrogens with zero attached hydrogens (tertiary/aromatic N) is 1. The zero-order chi connectivity index (χ0) is 15.0. The predicted molar refractivity (Wildman–Crippen MR) is 83.1 cm³/mol. The van der Waals surface area contributed by atoms with E-state index in [0.29, 0.717) is 5.69 Å². The van der Waals surface area contributed by atoms with Crippen LogP contribution in [-0.4, -0.2) is 13.4 Å². The van der Waals surface area contributed by atoms with Crippen LogP contribution in [0, 0.1) is 0 Å². The number of rotatable bonds is 3. The second-order valence-electron chi connectivity index (χ2n) is 5.33. The number of hydrogen-bond acceptors (Lipinski definition) is 4. The summed E-state index contributed by atoms with van der Waals surface area (Å²) in [5.74, 6) is 0. The molecule has 7 heteroatoms. The number of thiazole rings is 1. The van der Waals surface area contributed by atoms with E-state index in [9.17, 15) is 8.42 Å². The van der Waals surface area contributed by atoms with E-state index in [1.54, 1.807) is 12.1 Å². The summed E-state index contributed by atoms with van der Waals surface area (Å²) in [4.78, 5) is 3.76. The van der Waals surface area contributed by atoms with Crippen molar-refractivity contribution in [1.82, 2.24) is 4.98 Å². The summed E-state index contributed by atoms with van der Waals surface area (Å²) in [7, 11) is -3.65. The van der Waals surface area contributed by atoms with Gasteiger partial charge in [0, 0.05) is 0 Å². The molecule has 0 aliphatic rings. The molecule has 0 amide bonds. The van der Waals surface area contributed by atoms with Crippen molar-refractivity contribution in [3.05, 3.63) is 40.5 Å². The highest BCUT2D eigenvalue weighted by Crippen LogP contribution is 2.31. The van der Waals surface area contributed by atoms with Gasteiger partial charge in [-0.15, -0.1) is 0 Å². The van der Waals surface area contributed by atoms with Gasteiger partial charge in [0.15, 0.2) is 8.68 Å². The molecular weight excluding hydrogens is 316 g/mol. The first kappa shape index (κ1) is 15.3. The van der Waals surface area contributed by atoms with Crippen LogP contribution in [0.2, 0.25) is 4.47 Å². The number of hydrogen-bond donors (Lipinski definition) is 1. The van der Waals surface area contributed by atoms with Crippen molar-refractivity contribution in [3.8, 4) is 0 Å². The third-order valence-electron chi connectivity index (χ3n) is 2.70. The Balaban J connectivity index is 2.40. The van der Waals surface area contributed by atoms with Crippen molar-refractivity contribution in [2.45, 2.75) is 30.4 Å². The summed E-state index contributed by atoms with van der Waals surface area (Å²) in [6.45, 7) is 6.09. The number of benzene rings is 1. The monoisotopic (exact) mass is 330 g/mol. The molecule has 0 atom stereocenters. The summed E-state index contributed by atoms with van der Waals surface area (Å²) in [6, 6.07) is 7.35. The van der Waals surface area contributed by atoms with Gasteiger partial charge in [0.2, 0.25) is 0 Å². The van der Waals surface area contributed by atoms with Crippen molar-refractivity contribution >= 4 is 38.6 Å². The van der Waals surface area contributed by atoms with E-state index in [1.807, 2.05) is 32.9 Å². The molecule has 0 aliphatic carbocycles. The van der Waals surface area contributed by atoms with Crippen molar-refractivity contribution in [2.24, 2.45) is 0 Å². The molecular formula is C13H15ClN2O2S2. The molecule has 0 aliphatic heterocycles. The SMILES string of the molecule is CC(C)(C)c1ccccc1NS(=O)(=O)c1cnc(Cl)s1. The topological polar surface area (TPSA) is 59.1 Å². The molecule has 2 rings (SSSR count). The van der Waals surface area contributed by atoms with E-state index in [1.165, 1.54) is 6.20 Å². The lowest BCUT2D eigenvalue weighted by atomic mass is 9.86. The molecule has 1 aromatic carbocycles. The number of aromatic nitrogens is 1. The Labute approximate surface area is 127 Å². The largest absolute Gasteiger partial charge is 0.279 e. The number of halogens is 1. The van der Waals surface area contributed by atoms with Gasteiger partial charge >= 0.3 is 0 Å². The Morgan fingerprint density at radius 3 is 2.45 bits per heavy atom. The van der Waals surface area contributed by atoms with Crippen LogP contribution >= 0.6 is 22.9 Å². The summed E-state index contributed by atoms with van der Waals surface area (Å²) in [5.41, 5.74) is 1.34. The molecule has 0 bridgehead atoms. The van der Waals surface area contributed by atoms with Crippen molar-refractivity contribution in [3.63, 3.8) is 0 Å². The molecule has 1 N–H and O–H groups in total. The first-order chi connectivity index (χ1) is 9.20. The van der Waals surface area contributed by atoms with Crippen LogP contribution < -0.4 is 4.72 Å². The zero-order valence-corrected chi connectivity index (χ0v) is 13.7. The summed E-state index contributed by atoms with van der Waals surface area (Å²) in [6.07, 6.45) is 1.26. The molecule has 0 fully saturated rings. The van der Waals surface area contributed by atoms with Gasteiger partial charge in [-0.1, -0.05) is 61.9 Å². The molecule has 1 heterocycles. The highest BCUT2D eigenvalue weighted by atomic mass is 35.5. The molecule has 0 spiro atoms. The first-order valence-corrected chi connectivity index (χ1v) is 8.61. The molecule has 2 aromatic rings. The van der Waals surface area contributed by atoms with Crippen LogP contribution in [0.5, 0.6) is 0 Å². The first-order valence-electron chi connectivity index (χ1n) is 5.94. The number of sulfonamides is 1. The van der Waals surface area contributed by atoms with Gasteiger partial charge < -0.3 is 0 Å². The van der Waals surface area contributed by atoms with Gasteiger partial charge in [-0.25, -0.2) is 13.4 Å². The van der Waals surface area contributed by atoms with Crippen molar-refractivity contribution in [2.75, 3.05) is 4.72 Å². The Kier molecular flexibility index (Phi) is 4.09. The van der Waals surface area contributed by atoms with Gasteiger partial charge in [-0.2, -0.15) is 0 Å². The number of nitrogens with one attached hydrogen (secondary N) is 1. The Morgan fingerprint density at radius 2 is 1.90 bits per heavy atom. The lowest BCUT2D eigenvalue weighted by Crippen LogP contribution is -2.18. The molecule has 1 aromatic heterocycles. The minimum atomic E-state index is -3.65. The van der Waals surface area contributed by atoms with Crippen LogP contribution in [0.3, 0.4) is 0 Å². The highest BCUT2D eigenvalue weighted by Gasteiger charge is 2.23. The smallest absolute Gasteiger partial charge is 0.273 e. The maximum atomic E-state index is 12.3. The average molecular weight is 331 g/mol. The van der Waals surface area contributed by atoms with Gasteiger partial charge in [-0.3, -0.25) is 4.72 Å². The van der Waals surface area contributed by atoms with E-state index in [2.05, 4.69) is 9.71 Å². The third kappa shape index (κ3) is 3.31. The molecule has 4 nitrogen and oxygen atoms in total. The summed E-state index contributed by atoms with van der Waals surface area (Å²) < 4.78 is 27.5. The standard InChI is InChI=1S/C13H15ClN2O2S2/c1-13(2,3)9-6-4-5-7-10(9)16-20(17,18)11-8-15-12(14)19-11/h4-8,16H,1-3H3.